The van der Waals surface area contributed by atoms with E-state index in [1.165, 1.54) is 0 Å². The van der Waals surface area contributed by atoms with Crippen LogP contribution in [-0.4, -0.2) is 59.7 Å². The number of methoxy groups -OCH3 is 1. The minimum atomic E-state index is -0.0859. The molecule has 1 aromatic carbocycles. The number of nitrogens with one attached hydrogen (secondary N) is 2. The maximum atomic E-state index is 12.7. The minimum Gasteiger partial charge on any atom is -0.497 e. The Hall–Kier alpha value is -3.23. The van der Waals surface area contributed by atoms with E-state index in [2.05, 4.69) is 20.5 Å². The lowest BCUT2D eigenvalue weighted by Gasteiger charge is -2.32. The molecule has 1 amide bonds. The number of nitrogens with zero attached hydrogens (tertiary/aromatic N) is 3. The number of benzene rings is 1. The molecule has 4 rings (SSSR count). The number of likely N-dealkylation sites (tertiary alicyclic amines) is 1. The van der Waals surface area contributed by atoms with Crippen molar-refractivity contribution in [3.8, 4) is 5.75 Å². The zero-order chi connectivity index (χ0) is 23.2. The highest BCUT2D eigenvalue weighted by molar-refractivity contribution is 5.91. The fraction of sp³-hybridized carbons (Fsp3) is 0.400. The lowest BCUT2D eigenvalue weighted by atomic mass is 10.0. The zero-order valence-corrected chi connectivity index (χ0v) is 19.2. The second-order valence-corrected chi connectivity index (χ2v) is 8.46. The van der Waals surface area contributed by atoms with Gasteiger partial charge in [0.15, 0.2) is 0 Å². The van der Waals surface area contributed by atoms with E-state index in [4.69, 9.17) is 4.74 Å². The Balaban J connectivity index is 1.28. The Labute approximate surface area is 193 Å². The fourth-order valence-electron chi connectivity index (χ4n) is 4.35. The summed E-state index contributed by atoms with van der Waals surface area (Å²) < 4.78 is 7.22. The molecule has 1 aliphatic heterocycles. The number of amides is 1. The second-order valence-electron chi connectivity index (χ2n) is 8.46. The molecule has 33 heavy (non-hydrogen) atoms. The third-order valence-electron chi connectivity index (χ3n) is 6.24. The summed E-state index contributed by atoms with van der Waals surface area (Å²) >= 11 is 0. The molecule has 8 heteroatoms. The van der Waals surface area contributed by atoms with E-state index in [9.17, 15) is 9.59 Å². The highest BCUT2D eigenvalue weighted by Crippen LogP contribution is 2.22. The number of carbonyl (C=O) groups excluding carboxylic acids is 1. The first-order valence-electron chi connectivity index (χ1n) is 11.4. The van der Waals surface area contributed by atoms with Crippen molar-refractivity contribution in [3.05, 3.63) is 64.6 Å². The first-order valence-corrected chi connectivity index (χ1v) is 11.4. The van der Waals surface area contributed by atoms with Crippen LogP contribution < -0.4 is 20.9 Å². The van der Waals surface area contributed by atoms with Crippen molar-refractivity contribution in [2.24, 2.45) is 0 Å². The van der Waals surface area contributed by atoms with Crippen LogP contribution in [0.15, 0.2) is 53.5 Å². The highest BCUT2D eigenvalue weighted by atomic mass is 16.5. The van der Waals surface area contributed by atoms with Crippen LogP contribution in [0.2, 0.25) is 0 Å². The summed E-state index contributed by atoms with van der Waals surface area (Å²) in [6, 6.07) is 13.3. The molecule has 0 bridgehead atoms. The fourth-order valence-corrected chi connectivity index (χ4v) is 4.35. The summed E-state index contributed by atoms with van der Waals surface area (Å²) in [7, 11) is 1.64. The maximum absolute atomic E-state index is 12.7. The van der Waals surface area contributed by atoms with Crippen molar-refractivity contribution in [2.75, 3.05) is 38.6 Å². The quantitative estimate of drug-likeness (QED) is 0.549. The summed E-state index contributed by atoms with van der Waals surface area (Å²) in [6.07, 6.45) is 3.59. The second kappa shape index (κ2) is 10.6. The van der Waals surface area contributed by atoms with Crippen LogP contribution in [0.5, 0.6) is 5.75 Å². The normalized spacial score (nSPS) is 15.0. The molecule has 0 unspecified atom stereocenters. The number of aryl methyl sites for hydroxylation is 1. The van der Waals surface area contributed by atoms with Gasteiger partial charge in [-0.1, -0.05) is 6.07 Å². The number of ether oxygens (including phenoxy) is 1. The van der Waals surface area contributed by atoms with Crippen LogP contribution >= 0.6 is 0 Å². The average molecular weight is 450 g/mol. The third kappa shape index (κ3) is 5.77. The Morgan fingerprint density at radius 2 is 1.97 bits per heavy atom. The van der Waals surface area contributed by atoms with E-state index in [1.807, 2.05) is 41.8 Å². The van der Waals surface area contributed by atoms with E-state index in [-0.39, 0.29) is 18.0 Å². The summed E-state index contributed by atoms with van der Waals surface area (Å²) in [5.41, 5.74) is 1.91. The van der Waals surface area contributed by atoms with Crippen LogP contribution in [0.3, 0.4) is 0 Å². The number of piperidine rings is 1. The summed E-state index contributed by atoms with van der Waals surface area (Å²) in [4.78, 5) is 31.3. The van der Waals surface area contributed by atoms with Gasteiger partial charge in [0.1, 0.15) is 11.6 Å². The molecular weight excluding hydrogens is 418 g/mol. The molecule has 0 spiro atoms. The average Bonchev–Trinajstić information content (AvgIpc) is 2.83. The molecular formula is C25H31N5O3. The number of fused-ring (bicyclic) bond motifs is 1. The van der Waals surface area contributed by atoms with Crippen molar-refractivity contribution >= 4 is 22.6 Å². The van der Waals surface area contributed by atoms with E-state index in [0.717, 1.165) is 54.7 Å². The van der Waals surface area contributed by atoms with Gasteiger partial charge in [-0.05, 0) is 62.7 Å². The molecule has 2 aromatic heterocycles. The van der Waals surface area contributed by atoms with Crippen molar-refractivity contribution in [2.45, 2.75) is 32.4 Å². The molecule has 2 N–H and O–H groups in total. The number of carbonyl (C=O) groups is 1. The molecule has 0 atom stereocenters. The van der Waals surface area contributed by atoms with Crippen molar-refractivity contribution in [1.82, 2.24) is 19.8 Å². The number of hydrogen-bond donors (Lipinski definition) is 2. The molecule has 1 fully saturated rings. The topological polar surface area (TPSA) is 88.5 Å². The lowest BCUT2D eigenvalue weighted by Crippen LogP contribution is -2.45. The first-order chi connectivity index (χ1) is 16.0. The van der Waals surface area contributed by atoms with E-state index in [0.29, 0.717) is 18.4 Å². The van der Waals surface area contributed by atoms with Crippen LogP contribution in [0, 0.1) is 6.92 Å². The number of hydrogen-bond acceptors (Lipinski definition) is 6. The van der Waals surface area contributed by atoms with E-state index >= 15 is 0 Å². The molecule has 8 nitrogen and oxygen atoms in total. The van der Waals surface area contributed by atoms with Crippen molar-refractivity contribution in [1.29, 1.82) is 0 Å². The SMILES string of the molecule is COc1ccc2c(C)cc(=O)n(CCN3CCC(NCC(=O)Nc4ccccn4)CC3)c2c1. The number of rotatable bonds is 8. The molecule has 0 saturated carbocycles. The maximum Gasteiger partial charge on any atom is 0.251 e. The van der Waals surface area contributed by atoms with Gasteiger partial charge in [0.2, 0.25) is 5.91 Å². The number of aromatic nitrogens is 2. The molecule has 1 aliphatic rings. The summed E-state index contributed by atoms with van der Waals surface area (Å²) in [6.45, 7) is 5.54. The van der Waals surface area contributed by atoms with Gasteiger partial charge in [-0.3, -0.25) is 9.59 Å². The molecule has 0 aliphatic carbocycles. The zero-order valence-electron chi connectivity index (χ0n) is 19.2. The van der Waals surface area contributed by atoms with Gasteiger partial charge < -0.3 is 24.8 Å². The van der Waals surface area contributed by atoms with Gasteiger partial charge in [-0.2, -0.15) is 0 Å². The Kier molecular flexibility index (Phi) is 7.36. The Bertz CT molecular complexity index is 1150. The summed E-state index contributed by atoms with van der Waals surface area (Å²) in [5, 5.41) is 7.22. The standard InChI is InChI=1S/C25H31N5O3/c1-18-15-25(32)30(22-16-20(33-2)6-7-21(18)22)14-13-29-11-8-19(9-12-29)27-17-24(31)28-23-5-3-4-10-26-23/h3-7,10,15-16,19,27H,8-9,11-14,17H2,1-2H3,(H,26,28,31). The lowest BCUT2D eigenvalue weighted by molar-refractivity contribution is -0.115. The van der Waals surface area contributed by atoms with Gasteiger partial charge in [0.25, 0.3) is 5.56 Å². The van der Waals surface area contributed by atoms with E-state index in [1.54, 1.807) is 25.4 Å². The predicted octanol–water partition coefficient (Wildman–Crippen LogP) is 2.41. The predicted molar refractivity (Wildman–Crippen MR) is 130 cm³/mol. The molecule has 3 heterocycles. The Morgan fingerprint density at radius 3 is 2.70 bits per heavy atom. The number of pyridine rings is 2. The number of anilines is 1. The van der Waals surface area contributed by atoms with Crippen molar-refractivity contribution in [3.63, 3.8) is 0 Å². The smallest absolute Gasteiger partial charge is 0.251 e. The Morgan fingerprint density at radius 1 is 1.15 bits per heavy atom. The van der Waals surface area contributed by atoms with Gasteiger partial charge in [-0.25, -0.2) is 4.98 Å². The van der Waals surface area contributed by atoms with Crippen LogP contribution in [0.4, 0.5) is 5.82 Å². The summed E-state index contributed by atoms with van der Waals surface area (Å²) in [5.74, 6) is 1.23. The molecule has 0 radical (unpaired) electrons. The van der Waals surface area contributed by atoms with Gasteiger partial charge in [-0.15, -0.1) is 0 Å². The van der Waals surface area contributed by atoms with Crippen LogP contribution in [-0.2, 0) is 11.3 Å². The van der Waals surface area contributed by atoms with Crippen LogP contribution in [0.25, 0.3) is 10.9 Å². The third-order valence-corrected chi connectivity index (χ3v) is 6.24. The van der Waals surface area contributed by atoms with Gasteiger partial charge >= 0.3 is 0 Å². The highest BCUT2D eigenvalue weighted by Gasteiger charge is 2.20. The van der Waals surface area contributed by atoms with Gasteiger partial charge in [0.05, 0.1) is 19.2 Å². The first kappa shape index (κ1) is 22.9. The minimum absolute atomic E-state index is 0.0173. The van der Waals surface area contributed by atoms with Crippen molar-refractivity contribution < 1.29 is 9.53 Å². The monoisotopic (exact) mass is 449 g/mol. The molecule has 1 saturated heterocycles. The van der Waals surface area contributed by atoms with Gasteiger partial charge in [0, 0.05) is 42.8 Å². The van der Waals surface area contributed by atoms with Crippen LogP contribution in [0.1, 0.15) is 18.4 Å². The largest absolute Gasteiger partial charge is 0.497 e. The molecule has 174 valence electrons. The van der Waals surface area contributed by atoms with E-state index < -0.39 is 0 Å². The molecule has 3 aromatic rings.